The van der Waals surface area contributed by atoms with Crippen LogP contribution in [0.1, 0.15) is 261 Å². The van der Waals surface area contributed by atoms with Crippen LogP contribution >= 0.6 is 0 Å². The number of fused-ring (bicyclic) bond motifs is 12. The van der Waals surface area contributed by atoms with Gasteiger partial charge in [0.05, 0.1) is 42.7 Å². The Morgan fingerprint density at radius 3 is 0.322 bits per heavy atom. The lowest BCUT2D eigenvalue weighted by atomic mass is 9.77. The molecule has 0 fully saturated rings. The van der Waals surface area contributed by atoms with Gasteiger partial charge in [-0.3, -0.25) is 0 Å². The quantitative estimate of drug-likeness (QED) is 0.116. The van der Waals surface area contributed by atoms with Crippen LogP contribution < -0.4 is 28.4 Å². The van der Waals surface area contributed by atoms with E-state index in [4.69, 9.17) is 56.8 Å². The van der Waals surface area contributed by atoms with Crippen LogP contribution in [0.2, 0.25) is 0 Å². The van der Waals surface area contributed by atoms with Gasteiger partial charge < -0.3 is 56.8 Å². The summed E-state index contributed by atoms with van der Waals surface area (Å²) < 4.78 is 82.3. The molecule has 0 radical (unpaired) electrons. The average Bonchev–Trinajstić information content (AvgIpc) is 0.767. The second-order valence-corrected chi connectivity index (χ2v) is 30.3. The summed E-state index contributed by atoms with van der Waals surface area (Å²) in [4.78, 5) is 0. The number of hydrogen-bond acceptors (Lipinski definition) is 12. The van der Waals surface area contributed by atoms with Crippen LogP contribution in [-0.4, -0.2) is 85.3 Å². The van der Waals surface area contributed by atoms with E-state index >= 15 is 0 Å². The summed E-state index contributed by atoms with van der Waals surface area (Å²) in [6.07, 6.45) is -4.61. The monoisotopic (exact) mass is 1240 g/mol. The molecule has 0 amide bonds. The summed E-state index contributed by atoms with van der Waals surface area (Å²) in [5, 5.41) is 0. The third kappa shape index (κ3) is 13.7. The van der Waals surface area contributed by atoms with Crippen molar-refractivity contribution in [2.75, 3.05) is 85.3 Å². The van der Waals surface area contributed by atoms with Crippen LogP contribution in [0.5, 0.6) is 34.5 Å². The van der Waals surface area contributed by atoms with Crippen molar-refractivity contribution >= 4 is 0 Å². The highest BCUT2D eigenvalue weighted by atomic mass is 16.5. The highest BCUT2D eigenvalue weighted by Crippen LogP contribution is 2.55. The molecule has 12 bridgehead atoms. The summed E-state index contributed by atoms with van der Waals surface area (Å²) in [5.74, 6) is 3.47. The van der Waals surface area contributed by atoms with E-state index in [1.165, 1.54) is 0 Å². The van der Waals surface area contributed by atoms with E-state index in [0.717, 1.165) is 100 Å². The van der Waals surface area contributed by atoms with Crippen molar-refractivity contribution in [2.45, 2.75) is 194 Å². The molecule has 12 heteroatoms. The van der Waals surface area contributed by atoms with E-state index in [1.54, 1.807) is 85.3 Å². The Morgan fingerprint density at radius 1 is 0.178 bits per heavy atom. The summed E-state index contributed by atoms with van der Waals surface area (Å²) in [7, 11) is 20.7. The molecule has 6 aromatic carbocycles. The highest BCUT2D eigenvalue weighted by Gasteiger charge is 2.41. The van der Waals surface area contributed by atoms with Crippen LogP contribution in [0.15, 0.2) is 72.8 Å². The standard InChI is InChI=1S/C78H108O12/c1-73(2,3)43-31-49-61(79-19)50(32-43)68(86-26)52-34-45(75(7,8)9)36-54(63(52)81-21)70(88-28)56-38-47(77(13,14)15)40-58(65(56)83-23)72(90-30)60-42-48(78(16,17)18)41-59(66(60)84-24)71(89-29)57-39-46(76(10,11)12)37-55(64(57)82-22)69(87-27)53-35-44(74(4,5)6)33-51(62(53)80-20)67(49)85-25/h31-42,67-72H,1-30H3. The number of methoxy groups -OCH3 is 12. The van der Waals surface area contributed by atoms with E-state index < -0.39 is 36.6 Å². The van der Waals surface area contributed by atoms with Gasteiger partial charge in [-0.25, -0.2) is 0 Å². The van der Waals surface area contributed by atoms with E-state index in [-0.39, 0.29) is 32.5 Å². The van der Waals surface area contributed by atoms with Gasteiger partial charge in [-0.15, -0.1) is 0 Å². The maximum atomic E-state index is 6.92. The van der Waals surface area contributed by atoms with E-state index in [0.29, 0.717) is 34.5 Å². The lowest BCUT2D eigenvalue weighted by molar-refractivity contribution is 0.115. The molecule has 6 aromatic rings. The number of benzene rings is 6. The largest absolute Gasteiger partial charge is 0.496 e. The minimum Gasteiger partial charge on any atom is -0.496 e. The van der Waals surface area contributed by atoms with Gasteiger partial charge in [0.2, 0.25) is 0 Å². The van der Waals surface area contributed by atoms with E-state index in [2.05, 4.69) is 197 Å². The molecule has 1 aliphatic rings. The van der Waals surface area contributed by atoms with Gasteiger partial charge >= 0.3 is 0 Å². The third-order valence-corrected chi connectivity index (χ3v) is 18.1. The van der Waals surface area contributed by atoms with E-state index in [9.17, 15) is 0 Å². The molecule has 7 rings (SSSR count). The fraction of sp³-hybridized carbons (Fsp3) is 0.538. The Balaban J connectivity index is 1.85. The molecule has 0 unspecified atom stereocenters. The number of rotatable bonds is 12. The first-order valence-electron chi connectivity index (χ1n) is 31.4. The molecule has 0 aromatic heterocycles. The van der Waals surface area contributed by atoms with Gasteiger partial charge in [0.1, 0.15) is 71.1 Å². The molecule has 0 saturated carbocycles. The van der Waals surface area contributed by atoms with Gasteiger partial charge in [0.15, 0.2) is 0 Å². The normalized spacial score (nSPS) is 18.6. The molecule has 0 heterocycles. The zero-order valence-corrected chi connectivity index (χ0v) is 60.3. The predicted octanol–water partition coefficient (Wildman–Crippen LogP) is 18.3. The summed E-state index contributed by atoms with van der Waals surface area (Å²) in [5.41, 5.74) is 13.2. The van der Waals surface area contributed by atoms with E-state index in [1.807, 2.05) is 0 Å². The van der Waals surface area contributed by atoms with Crippen LogP contribution in [-0.2, 0) is 60.9 Å². The second kappa shape index (κ2) is 26.8. The Morgan fingerprint density at radius 2 is 0.267 bits per heavy atom. The zero-order chi connectivity index (χ0) is 67.3. The summed E-state index contributed by atoms with van der Waals surface area (Å²) >= 11 is 0. The molecule has 12 nitrogen and oxygen atoms in total. The van der Waals surface area contributed by atoms with Crippen molar-refractivity contribution in [1.82, 2.24) is 0 Å². The Labute approximate surface area is 540 Å². The first kappa shape index (κ1) is 71.3. The molecular weight excluding hydrogens is 1130 g/mol. The summed E-state index contributed by atoms with van der Waals surface area (Å²) in [6.45, 7) is 39.9. The van der Waals surface area contributed by atoms with Gasteiger partial charge in [-0.2, -0.15) is 0 Å². The molecule has 0 spiro atoms. The number of hydrogen-bond donors (Lipinski definition) is 0. The Bertz CT molecular complexity index is 2780. The smallest absolute Gasteiger partial charge is 0.131 e. The molecule has 0 atom stereocenters. The van der Waals surface area contributed by atoms with Crippen LogP contribution in [0, 0.1) is 0 Å². The SMILES string of the molecule is COc1c2cc(C(C)(C)C)cc1C(OC)c1cc(C(C)(C)C)cc(c1OC)C(OC)c1cc(C(C)(C)C)cc(c1OC)C(OC)c1cc(C(C)(C)C)cc(c1OC)C(OC)c1cc(C(C)(C)C)cc(c1OC)C(OC)c1cc(C(C)(C)C)cc(c1OC)C2OC. The topological polar surface area (TPSA) is 111 Å². The fourth-order valence-corrected chi connectivity index (χ4v) is 12.9. The lowest BCUT2D eigenvalue weighted by Gasteiger charge is -2.34. The maximum Gasteiger partial charge on any atom is 0.131 e. The van der Waals surface area contributed by atoms with Gasteiger partial charge in [0.25, 0.3) is 0 Å². The summed E-state index contributed by atoms with van der Waals surface area (Å²) in [6, 6.07) is 26.5. The lowest BCUT2D eigenvalue weighted by Crippen LogP contribution is -2.22. The van der Waals surface area contributed by atoms with Gasteiger partial charge in [-0.05, 0) is 139 Å². The van der Waals surface area contributed by atoms with Crippen molar-refractivity contribution in [1.29, 1.82) is 0 Å². The van der Waals surface area contributed by atoms with Crippen LogP contribution in [0.3, 0.4) is 0 Å². The minimum absolute atomic E-state index is 0.375. The van der Waals surface area contributed by atoms with Crippen molar-refractivity contribution in [3.63, 3.8) is 0 Å². The molecule has 1 aliphatic carbocycles. The Kier molecular flexibility index (Phi) is 21.3. The molecule has 0 N–H and O–H groups in total. The van der Waals surface area contributed by atoms with Gasteiger partial charge in [-0.1, -0.05) is 125 Å². The van der Waals surface area contributed by atoms with Crippen molar-refractivity contribution in [3.8, 4) is 34.5 Å². The first-order valence-corrected chi connectivity index (χ1v) is 31.4. The molecule has 0 aliphatic heterocycles. The molecule has 492 valence electrons. The van der Waals surface area contributed by atoms with Crippen molar-refractivity contribution < 1.29 is 56.8 Å². The molecule has 90 heavy (non-hydrogen) atoms. The van der Waals surface area contributed by atoms with Gasteiger partial charge in [0, 0.05) is 109 Å². The number of ether oxygens (including phenoxy) is 12. The first-order chi connectivity index (χ1) is 41.9. The minimum atomic E-state index is -0.769. The fourth-order valence-electron chi connectivity index (χ4n) is 12.9. The van der Waals surface area contributed by atoms with Crippen LogP contribution in [0.25, 0.3) is 0 Å². The van der Waals surface area contributed by atoms with Crippen molar-refractivity contribution in [2.24, 2.45) is 0 Å². The third-order valence-electron chi connectivity index (χ3n) is 18.1. The highest BCUT2D eigenvalue weighted by molar-refractivity contribution is 5.65. The van der Waals surface area contributed by atoms with Crippen LogP contribution in [0.4, 0.5) is 0 Å². The van der Waals surface area contributed by atoms with Crippen molar-refractivity contribution in [3.05, 3.63) is 173 Å². The predicted molar refractivity (Wildman–Crippen MR) is 363 cm³/mol. The molecule has 0 saturated heterocycles. The average molecular weight is 1240 g/mol. The Hall–Kier alpha value is -6.12. The zero-order valence-electron chi connectivity index (χ0n) is 60.3. The maximum absolute atomic E-state index is 6.92. The molecular formula is C78H108O12. The second-order valence-electron chi connectivity index (χ2n) is 30.3.